The Kier molecular flexibility index (Phi) is 3.80. The molecule has 0 bridgehead atoms. The second-order valence-corrected chi connectivity index (χ2v) is 11.1. The molecule has 0 aliphatic carbocycles. The Bertz CT molecular complexity index is 427. The van der Waals surface area contributed by atoms with Gasteiger partial charge in [0.2, 0.25) is 0 Å². The molecule has 3 nitrogen and oxygen atoms in total. The van der Waals surface area contributed by atoms with Crippen LogP contribution in [0.25, 0.3) is 0 Å². The molecule has 1 aliphatic heterocycles. The highest BCUT2D eigenvalue weighted by atomic mass is 28.3. The fourth-order valence-electron chi connectivity index (χ4n) is 1.87. The molecule has 1 saturated heterocycles. The van der Waals surface area contributed by atoms with Gasteiger partial charge in [0.15, 0.2) is 0 Å². The molecule has 0 spiro atoms. The standard InChI is InChI=1S/C14H22O3Si/c1-7-13(2)10-17-12(16)14(13,3)11(15)8-9-18(4,5)6/h7,11,15H,1,10H2,2-6H3/t11-,13-,14+/m1/s1. The molecule has 18 heavy (non-hydrogen) atoms. The van der Waals surface area contributed by atoms with E-state index in [9.17, 15) is 9.90 Å². The van der Waals surface area contributed by atoms with Crippen LogP contribution in [0.5, 0.6) is 0 Å². The third-order valence-corrected chi connectivity index (χ3v) is 4.59. The molecule has 1 rings (SSSR count). The molecule has 0 radical (unpaired) electrons. The van der Waals surface area contributed by atoms with Crippen molar-refractivity contribution < 1.29 is 14.6 Å². The minimum absolute atomic E-state index is 0.248. The normalized spacial score (nSPS) is 33.3. The average molecular weight is 266 g/mol. The van der Waals surface area contributed by atoms with E-state index in [2.05, 4.69) is 37.7 Å². The minimum Gasteiger partial charge on any atom is -0.464 e. The van der Waals surface area contributed by atoms with Crippen LogP contribution in [0.15, 0.2) is 12.7 Å². The van der Waals surface area contributed by atoms with Gasteiger partial charge in [-0.05, 0) is 6.92 Å². The molecule has 0 aromatic carbocycles. The summed E-state index contributed by atoms with van der Waals surface area (Å²) in [6.45, 7) is 13.8. The van der Waals surface area contributed by atoms with E-state index in [0.29, 0.717) is 0 Å². The van der Waals surface area contributed by atoms with Crippen molar-refractivity contribution in [1.29, 1.82) is 0 Å². The first-order chi connectivity index (χ1) is 8.07. The lowest BCUT2D eigenvalue weighted by atomic mass is 9.64. The van der Waals surface area contributed by atoms with Crippen LogP contribution in [0.3, 0.4) is 0 Å². The van der Waals surface area contributed by atoms with Crippen LogP contribution in [0.1, 0.15) is 13.8 Å². The molecule has 100 valence electrons. The fourth-order valence-corrected chi connectivity index (χ4v) is 2.44. The molecule has 0 unspecified atom stereocenters. The number of aliphatic hydroxyl groups is 1. The van der Waals surface area contributed by atoms with E-state index >= 15 is 0 Å². The summed E-state index contributed by atoms with van der Waals surface area (Å²) in [6, 6.07) is 0. The van der Waals surface area contributed by atoms with Crippen LogP contribution >= 0.6 is 0 Å². The third kappa shape index (κ3) is 2.38. The summed E-state index contributed by atoms with van der Waals surface area (Å²) in [5, 5.41) is 10.3. The van der Waals surface area contributed by atoms with Gasteiger partial charge in [0.25, 0.3) is 0 Å². The zero-order chi connectivity index (χ0) is 14.2. The topological polar surface area (TPSA) is 46.5 Å². The van der Waals surface area contributed by atoms with Crippen molar-refractivity contribution in [3.05, 3.63) is 12.7 Å². The van der Waals surface area contributed by atoms with Crippen molar-refractivity contribution in [3.63, 3.8) is 0 Å². The van der Waals surface area contributed by atoms with Crippen LogP contribution in [0.2, 0.25) is 19.6 Å². The van der Waals surface area contributed by atoms with E-state index in [0.717, 1.165) is 0 Å². The second-order valence-electron chi connectivity index (χ2n) is 6.32. The van der Waals surface area contributed by atoms with Gasteiger partial charge in [-0.3, -0.25) is 4.79 Å². The summed E-state index contributed by atoms with van der Waals surface area (Å²) in [7, 11) is -1.58. The van der Waals surface area contributed by atoms with Gasteiger partial charge in [-0.25, -0.2) is 0 Å². The second kappa shape index (κ2) is 4.56. The van der Waals surface area contributed by atoms with Crippen LogP contribution < -0.4 is 0 Å². The molecule has 0 aromatic heterocycles. The van der Waals surface area contributed by atoms with Crippen molar-refractivity contribution in [2.24, 2.45) is 10.8 Å². The maximum absolute atomic E-state index is 12.0. The van der Waals surface area contributed by atoms with Gasteiger partial charge in [-0.1, -0.05) is 38.6 Å². The molecule has 0 amide bonds. The molecule has 3 atom stereocenters. The number of cyclic esters (lactones) is 1. The maximum atomic E-state index is 12.0. The largest absolute Gasteiger partial charge is 0.464 e. The molecule has 0 saturated carbocycles. The van der Waals surface area contributed by atoms with Crippen LogP contribution in [-0.2, 0) is 9.53 Å². The summed E-state index contributed by atoms with van der Waals surface area (Å²) < 4.78 is 5.10. The summed E-state index contributed by atoms with van der Waals surface area (Å²) in [4.78, 5) is 12.0. The lowest BCUT2D eigenvalue weighted by Gasteiger charge is -2.35. The van der Waals surface area contributed by atoms with Gasteiger partial charge < -0.3 is 9.84 Å². The Morgan fingerprint density at radius 1 is 1.50 bits per heavy atom. The maximum Gasteiger partial charge on any atom is 0.316 e. The van der Waals surface area contributed by atoms with Gasteiger partial charge in [-0.15, -0.1) is 12.1 Å². The Morgan fingerprint density at radius 3 is 2.50 bits per heavy atom. The molecule has 1 aliphatic rings. The Morgan fingerprint density at radius 2 is 2.06 bits per heavy atom. The van der Waals surface area contributed by atoms with E-state index in [-0.39, 0.29) is 6.61 Å². The Balaban J connectivity index is 3.14. The summed E-state index contributed by atoms with van der Waals surface area (Å²) in [5.74, 6) is 2.44. The predicted molar refractivity (Wildman–Crippen MR) is 74.5 cm³/mol. The van der Waals surface area contributed by atoms with Gasteiger partial charge in [0.1, 0.15) is 26.2 Å². The lowest BCUT2D eigenvalue weighted by Crippen LogP contribution is -2.46. The minimum atomic E-state index is -1.58. The van der Waals surface area contributed by atoms with Crippen molar-refractivity contribution in [3.8, 4) is 11.5 Å². The van der Waals surface area contributed by atoms with Crippen LogP contribution in [-0.4, -0.2) is 31.9 Å². The first-order valence-electron chi connectivity index (χ1n) is 6.08. The van der Waals surface area contributed by atoms with Gasteiger partial charge in [0, 0.05) is 5.41 Å². The lowest BCUT2D eigenvalue weighted by molar-refractivity contribution is -0.150. The number of rotatable bonds is 2. The number of esters is 1. The zero-order valence-corrected chi connectivity index (χ0v) is 12.8. The first-order valence-corrected chi connectivity index (χ1v) is 9.58. The number of carbonyl (C=O) groups is 1. The molecule has 0 aromatic rings. The van der Waals surface area contributed by atoms with Crippen molar-refractivity contribution in [2.75, 3.05) is 6.61 Å². The van der Waals surface area contributed by atoms with Crippen LogP contribution in [0, 0.1) is 22.3 Å². The SMILES string of the molecule is C=C[C@]1(C)COC(=O)[C@]1(C)[C@H](O)C#C[Si](C)(C)C. The molecule has 1 heterocycles. The highest BCUT2D eigenvalue weighted by Gasteiger charge is 2.59. The van der Waals surface area contributed by atoms with Crippen molar-refractivity contribution >= 4 is 14.0 Å². The van der Waals surface area contributed by atoms with Crippen LogP contribution in [0.4, 0.5) is 0 Å². The highest BCUT2D eigenvalue weighted by Crippen LogP contribution is 2.48. The molecule has 4 heteroatoms. The van der Waals surface area contributed by atoms with Crippen molar-refractivity contribution in [2.45, 2.75) is 39.6 Å². The number of ether oxygens (including phenoxy) is 1. The number of carbonyl (C=O) groups excluding carboxylic acids is 1. The van der Waals surface area contributed by atoms with Gasteiger partial charge in [0.05, 0.1) is 0 Å². The van der Waals surface area contributed by atoms with E-state index in [1.165, 1.54) is 0 Å². The molecule has 1 fully saturated rings. The van der Waals surface area contributed by atoms with Gasteiger partial charge in [-0.2, -0.15) is 0 Å². The average Bonchev–Trinajstić information content (AvgIpc) is 2.51. The first kappa shape index (κ1) is 15.0. The zero-order valence-electron chi connectivity index (χ0n) is 11.8. The summed E-state index contributed by atoms with van der Waals surface area (Å²) >= 11 is 0. The van der Waals surface area contributed by atoms with E-state index in [1.807, 2.05) is 6.92 Å². The Hall–Kier alpha value is -1.05. The quantitative estimate of drug-likeness (QED) is 0.360. The highest BCUT2D eigenvalue weighted by molar-refractivity contribution is 6.83. The third-order valence-electron chi connectivity index (χ3n) is 3.69. The number of hydrogen-bond donors (Lipinski definition) is 1. The van der Waals surface area contributed by atoms with E-state index < -0.39 is 31.0 Å². The monoisotopic (exact) mass is 266 g/mol. The van der Waals surface area contributed by atoms with Crippen molar-refractivity contribution in [1.82, 2.24) is 0 Å². The molecular weight excluding hydrogens is 244 g/mol. The predicted octanol–water partition coefficient (Wildman–Crippen LogP) is 1.98. The summed E-state index contributed by atoms with van der Waals surface area (Å²) in [6.07, 6.45) is 0.652. The molecule has 1 N–H and O–H groups in total. The fraction of sp³-hybridized carbons (Fsp3) is 0.643. The Labute approximate surface area is 110 Å². The van der Waals surface area contributed by atoms with E-state index in [4.69, 9.17) is 4.74 Å². The number of aliphatic hydroxyl groups excluding tert-OH is 1. The molecular formula is C14H22O3Si. The smallest absolute Gasteiger partial charge is 0.316 e. The number of hydrogen-bond acceptors (Lipinski definition) is 3. The summed E-state index contributed by atoms with van der Waals surface area (Å²) in [5.41, 5.74) is 1.48. The van der Waals surface area contributed by atoms with Gasteiger partial charge >= 0.3 is 5.97 Å². The van der Waals surface area contributed by atoms with E-state index in [1.54, 1.807) is 13.0 Å².